The summed E-state index contributed by atoms with van der Waals surface area (Å²) in [5, 5.41) is 1.25. The zero-order valence-corrected chi connectivity index (χ0v) is 14.2. The van der Waals surface area contributed by atoms with E-state index in [2.05, 4.69) is 22.9 Å². The summed E-state index contributed by atoms with van der Waals surface area (Å²) in [6.45, 7) is 2.38. The molecule has 100 valence electrons. The van der Waals surface area contributed by atoms with Crippen LogP contribution >= 0.6 is 15.9 Å². The largest absolute Gasteiger partial charge is 0.0925 e. The molecule has 1 saturated carbocycles. The second-order valence-electron chi connectivity index (χ2n) is 6.50. The first-order valence-electron chi connectivity index (χ1n) is 7.89. The molecule has 0 aromatic carbocycles. The Balaban J connectivity index is 1.70. The van der Waals surface area contributed by atoms with Crippen LogP contribution in [0, 0.1) is 17.8 Å². The van der Waals surface area contributed by atoms with Gasteiger partial charge in [-0.2, -0.15) is 0 Å². The Morgan fingerprint density at radius 1 is 0.941 bits per heavy atom. The van der Waals surface area contributed by atoms with E-state index < -0.39 is 0 Å². The Bertz CT molecular complexity index is 203. The van der Waals surface area contributed by atoms with E-state index in [1.165, 1.54) is 24.6 Å². The van der Waals surface area contributed by atoms with Crippen molar-refractivity contribution < 1.29 is 0 Å². The van der Waals surface area contributed by atoms with Crippen LogP contribution < -0.4 is 0 Å². The van der Waals surface area contributed by atoms with E-state index in [0.717, 1.165) is 17.8 Å². The first kappa shape index (κ1) is 14.1. The number of halogens is 1. The van der Waals surface area contributed by atoms with E-state index in [9.17, 15) is 0 Å². The highest BCUT2D eigenvalue weighted by Gasteiger charge is 2.30. The van der Waals surface area contributed by atoms with Gasteiger partial charge in [0.15, 0.2) is 0 Å². The van der Waals surface area contributed by atoms with Gasteiger partial charge >= 0.3 is 0 Å². The third-order valence-corrected chi connectivity index (χ3v) is 9.97. The van der Waals surface area contributed by atoms with Crippen molar-refractivity contribution in [3.05, 3.63) is 0 Å². The van der Waals surface area contributed by atoms with Gasteiger partial charge in [-0.15, -0.1) is 0 Å². The van der Waals surface area contributed by atoms with Crippen molar-refractivity contribution in [2.75, 3.05) is 5.33 Å². The zero-order valence-electron chi connectivity index (χ0n) is 11.5. The molecule has 0 amide bonds. The summed E-state index contributed by atoms with van der Waals surface area (Å²) in [5.41, 5.74) is 0. The molecule has 0 bridgehead atoms. The van der Waals surface area contributed by atoms with E-state index in [-0.39, 0.29) is 8.80 Å². The molecule has 0 aromatic rings. The van der Waals surface area contributed by atoms with Crippen LogP contribution in [0.2, 0.25) is 18.1 Å². The average Bonchev–Trinajstić information content (AvgIpc) is 2.40. The Morgan fingerprint density at radius 2 is 1.53 bits per heavy atom. The molecule has 1 heterocycles. The van der Waals surface area contributed by atoms with Crippen LogP contribution in [0.5, 0.6) is 0 Å². The summed E-state index contributed by atoms with van der Waals surface area (Å²) in [4.78, 5) is 0. The molecule has 0 atom stereocenters. The molecule has 17 heavy (non-hydrogen) atoms. The summed E-state index contributed by atoms with van der Waals surface area (Å²) in [6.07, 6.45) is 10.8. The van der Waals surface area contributed by atoms with E-state index in [0.29, 0.717) is 0 Å². The van der Waals surface area contributed by atoms with Gasteiger partial charge in [0.25, 0.3) is 0 Å². The van der Waals surface area contributed by atoms with E-state index in [1.807, 2.05) is 0 Å². The van der Waals surface area contributed by atoms with Crippen LogP contribution in [0.4, 0.5) is 0 Å². The van der Waals surface area contributed by atoms with Gasteiger partial charge in [0.05, 0.1) is 0 Å². The molecular formula is C15H29BrSi. The lowest BCUT2D eigenvalue weighted by molar-refractivity contribution is 0.201. The van der Waals surface area contributed by atoms with Crippen molar-refractivity contribution in [1.29, 1.82) is 0 Å². The Morgan fingerprint density at radius 3 is 2.06 bits per heavy atom. The maximum Gasteiger partial charge on any atom is 0.0367 e. The molecule has 1 aliphatic carbocycles. The van der Waals surface area contributed by atoms with Crippen molar-refractivity contribution in [2.24, 2.45) is 17.8 Å². The molecule has 0 radical (unpaired) electrons. The number of hydrogen-bond donors (Lipinski definition) is 0. The van der Waals surface area contributed by atoms with Crippen molar-refractivity contribution in [3.8, 4) is 0 Å². The van der Waals surface area contributed by atoms with E-state index >= 15 is 0 Å². The summed E-state index contributed by atoms with van der Waals surface area (Å²) >= 11 is 3.66. The van der Waals surface area contributed by atoms with Gasteiger partial charge in [-0.05, 0) is 43.4 Å². The maximum atomic E-state index is 3.66. The molecule has 2 rings (SSSR count). The van der Waals surface area contributed by atoms with E-state index in [1.54, 1.807) is 43.8 Å². The Hall–Kier alpha value is 0.697. The van der Waals surface area contributed by atoms with Gasteiger partial charge in [0, 0.05) is 14.1 Å². The maximum absolute atomic E-state index is 3.66. The third kappa shape index (κ3) is 4.09. The predicted octanol–water partition coefficient (Wildman–Crippen LogP) is 5.23. The lowest BCUT2D eigenvalue weighted by Crippen LogP contribution is -2.28. The smallest absolute Gasteiger partial charge is 0.0367 e. The first-order valence-corrected chi connectivity index (χ1v) is 11.5. The minimum Gasteiger partial charge on any atom is -0.0925 e. The minimum absolute atomic E-state index is 0.245. The third-order valence-electron chi connectivity index (χ3n) is 5.36. The topological polar surface area (TPSA) is 0 Å². The molecule has 0 spiro atoms. The Kier molecular flexibility index (Phi) is 6.08. The molecule has 2 fully saturated rings. The molecule has 0 N–H and O–H groups in total. The second kappa shape index (κ2) is 7.33. The van der Waals surface area contributed by atoms with Crippen molar-refractivity contribution in [2.45, 2.75) is 70.0 Å². The number of rotatable bonds is 4. The predicted molar refractivity (Wildman–Crippen MR) is 83.8 cm³/mol. The van der Waals surface area contributed by atoms with Crippen molar-refractivity contribution in [3.63, 3.8) is 0 Å². The number of hydrogen-bond acceptors (Lipinski definition) is 0. The lowest BCUT2D eigenvalue weighted by Gasteiger charge is -2.37. The van der Waals surface area contributed by atoms with Gasteiger partial charge in [-0.3, -0.25) is 0 Å². The van der Waals surface area contributed by atoms with Gasteiger partial charge in [0.1, 0.15) is 0 Å². The molecule has 0 nitrogen and oxygen atoms in total. The summed E-state index contributed by atoms with van der Waals surface area (Å²) in [5.74, 6) is 3.24. The summed E-state index contributed by atoms with van der Waals surface area (Å²) < 4.78 is 0. The zero-order chi connectivity index (χ0) is 12.1. The van der Waals surface area contributed by atoms with Crippen LogP contribution in [-0.2, 0) is 0 Å². The molecule has 1 aliphatic heterocycles. The van der Waals surface area contributed by atoms with Crippen molar-refractivity contribution >= 4 is 24.7 Å². The van der Waals surface area contributed by atoms with Gasteiger partial charge in [-0.1, -0.05) is 60.2 Å². The van der Waals surface area contributed by atoms with Crippen LogP contribution in [0.25, 0.3) is 0 Å². The number of alkyl halides is 1. The van der Waals surface area contributed by atoms with Gasteiger partial charge in [0.2, 0.25) is 0 Å². The minimum atomic E-state index is -0.245. The second-order valence-corrected chi connectivity index (χ2v) is 10.6. The normalized spacial score (nSPS) is 39.2. The standard InChI is InChI=1S/C15H29BrSi/c1-2-9-17-10-7-15(8-11-17)14-5-3-13(12-16)4-6-14/h13-15,17H,2-12H2,1H3/t13-,14-,15?,17?. The molecule has 2 aliphatic rings. The molecule has 0 unspecified atom stereocenters. The molecule has 2 heteroatoms. The molecule has 1 saturated heterocycles. The van der Waals surface area contributed by atoms with Crippen LogP contribution in [0.15, 0.2) is 0 Å². The first-order chi connectivity index (χ1) is 8.33. The van der Waals surface area contributed by atoms with Crippen LogP contribution in [0.3, 0.4) is 0 Å². The quantitative estimate of drug-likeness (QED) is 0.492. The monoisotopic (exact) mass is 316 g/mol. The average molecular weight is 317 g/mol. The summed E-state index contributed by atoms with van der Waals surface area (Å²) in [6, 6.07) is 4.98. The highest BCUT2D eigenvalue weighted by Crippen LogP contribution is 2.41. The van der Waals surface area contributed by atoms with Gasteiger partial charge in [-0.25, -0.2) is 0 Å². The molecular weight excluding hydrogens is 288 g/mol. The van der Waals surface area contributed by atoms with Crippen LogP contribution in [0.1, 0.15) is 51.9 Å². The fourth-order valence-electron chi connectivity index (χ4n) is 4.17. The summed E-state index contributed by atoms with van der Waals surface area (Å²) in [7, 11) is -0.245. The highest BCUT2D eigenvalue weighted by atomic mass is 79.9. The van der Waals surface area contributed by atoms with Crippen LogP contribution in [-0.4, -0.2) is 14.1 Å². The Labute approximate surface area is 118 Å². The van der Waals surface area contributed by atoms with E-state index in [4.69, 9.17) is 0 Å². The highest BCUT2D eigenvalue weighted by molar-refractivity contribution is 9.09. The molecule has 0 aromatic heterocycles. The van der Waals surface area contributed by atoms with Gasteiger partial charge < -0.3 is 0 Å². The van der Waals surface area contributed by atoms with Crippen molar-refractivity contribution in [1.82, 2.24) is 0 Å². The SMILES string of the molecule is CCC[SiH]1CCC([C@H]2CC[C@H](CBr)CC2)CC1. The fraction of sp³-hybridized carbons (Fsp3) is 1.00. The fourth-order valence-corrected chi connectivity index (χ4v) is 8.30. The lowest BCUT2D eigenvalue weighted by atomic mass is 9.74.